The summed E-state index contributed by atoms with van der Waals surface area (Å²) in [6.07, 6.45) is 1.68. The molecule has 1 N–H and O–H groups in total. The summed E-state index contributed by atoms with van der Waals surface area (Å²) in [6, 6.07) is 12.7. The maximum atomic E-state index is 9.04. The van der Waals surface area contributed by atoms with E-state index in [-0.39, 0.29) is 11.3 Å². The number of rotatable bonds is 2. The number of pyridine rings is 1. The van der Waals surface area contributed by atoms with E-state index in [0.29, 0.717) is 5.69 Å². The molecule has 0 atom stereocenters. The average molecular weight is 259 g/mol. The average Bonchev–Trinajstić information content (AvgIpc) is 2.47. The van der Waals surface area contributed by atoms with E-state index in [0.717, 1.165) is 16.5 Å². The fourth-order valence-electron chi connectivity index (χ4n) is 1.79. The molecular weight excluding hydrogens is 250 g/mol. The van der Waals surface area contributed by atoms with Gasteiger partial charge in [-0.1, -0.05) is 6.07 Å². The van der Waals surface area contributed by atoms with Crippen LogP contribution in [0.2, 0.25) is 0 Å². The zero-order chi connectivity index (χ0) is 14.5. The Morgan fingerprint density at radius 1 is 1.15 bits per heavy atom. The van der Waals surface area contributed by atoms with Crippen molar-refractivity contribution in [3.8, 4) is 18.2 Å². The summed E-state index contributed by atoms with van der Waals surface area (Å²) in [7, 11) is 0. The molecule has 1 aromatic carbocycles. The highest BCUT2D eigenvalue weighted by molar-refractivity contribution is 5.84. The number of hydrogen-bond acceptors (Lipinski definition) is 5. The van der Waals surface area contributed by atoms with E-state index in [2.05, 4.69) is 10.3 Å². The van der Waals surface area contributed by atoms with E-state index in [4.69, 9.17) is 15.8 Å². The van der Waals surface area contributed by atoms with Crippen molar-refractivity contribution in [1.29, 1.82) is 15.8 Å². The van der Waals surface area contributed by atoms with E-state index in [9.17, 15) is 0 Å². The zero-order valence-corrected chi connectivity index (χ0v) is 10.7. The lowest BCUT2D eigenvalue weighted by Gasteiger charge is -2.09. The number of aryl methyl sites for hydroxylation is 1. The van der Waals surface area contributed by atoms with E-state index in [1.807, 2.05) is 31.2 Å². The van der Waals surface area contributed by atoms with Gasteiger partial charge in [0.25, 0.3) is 0 Å². The molecule has 0 saturated carbocycles. The molecule has 2 aromatic rings. The van der Waals surface area contributed by atoms with E-state index >= 15 is 0 Å². The van der Waals surface area contributed by atoms with Gasteiger partial charge in [-0.3, -0.25) is 4.98 Å². The second kappa shape index (κ2) is 5.52. The molecule has 20 heavy (non-hydrogen) atoms. The lowest BCUT2D eigenvalue weighted by atomic mass is 10.1. The van der Waals surface area contributed by atoms with Crippen LogP contribution in [0.25, 0.3) is 10.9 Å². The Morgan fingerprint density at radius 2 is 1.90 bits per heavy atom. The topological polar surface area (TPSA) is 96.3 Å². The van der Waals surface area contributed by atoms with Crippen LogP contribution < -0.4 is 5.32 Å². The van der Waals surface area contributed by atoms with E-state index < -0.39 is 0 Å². The van der Waals surface area contributed by atoms with Gasteiger partial charge in [-0.05, 0) is 30.7 Å². The second-order valence-electron chi connectivity index (χ2n) is 4.07. The lowest BCUT2D eigenvalue weighted by Crippen LogP contribution is -2.02. The first-order chi connectivity index (χ1) is 9.69. The molecule has 0 radical (unpaired) electrons. The molecule has 5 nitrogen and oxygen atoms in total. The molecular formula is C15H9N5. The van der Waals surface area contributed by atoms with Gasteiger partial charge in [0.05, 0.1) is 5.52 Å². The van der Waals surface area contributed by atoms with Crippen LogP contribution in [-0.4, -0.2) is 4.98 Å². The van der Waals surface area contributed by atoms with Crippen LogP contribution >= 0.6 is 0 Å². The first kappa shape index (κ1) is 13.1. The van der Waals surface area contributed by atoms with Gasteiger partial charge in [0, 0.05) is 17.3 Å². The van der Waals surface area contributed by atoms with E-state index in [1.165, 1.54) is 0 Å². The van der Waals surface area contributed by atoms with Crippen molar-refractivity contribution in [1.82, 2.24) is 4.98 Å². The Balaban J connectivity index is 2.53. The third kappa shape index (κ3) is 2.41. The Bertz CT molecular complexity index is 812. The maximum absolute atomic E-state index is 9.04. The van der Waals surface area contributed by atoms with Crippen LogP contribution in [-0.2, 0) is 0 Å². The van der Waals surface area contributed by atoms with Gasteiger partial charge in [0.15, 0.2) is 5.57 Å². The van der Waals surface area contributed by atoms with Crippen molar-refractivity contribution >= 4 is 16.6 Å². The molecule has 0 spiro atoms. The molecule has 94 valence electrons. The second-order valence-corrected chi connectivity index (χ2v) is 4.07. The largest absolute Gasteiger partial charge is 0.345 e. The molecule has 1 heterocycles. The summed E-state index contributed by atoms with van der Waals surface area (Å²) in [5, 5.41) is 30.5. The Labute approximate surface area is 116 Å². The van der Waals surface area contributed by atoms with Gasteiger partial charge in [0.1, 0.15) is 23.9 Å². The maximum Gasteiger partial charge on any atom is 0.163 e. The fourth-order valence-corrected chi connectivity index (χ4v) is 1.79. The quantitative estimate of drug-likeness (QED) is 0.836. The highest BCUT2D eigenvalue weighted by atomic mass is 14.9. The monoisotopic (exact) mass is 259 g/mol. The minimum Gasteiger partial charge on any atom is -0.345 e. The summed E-state index contributed by atoms with van der Waals surface area (Å²) in [5.74, 6) is 0. The number of anilines is 1. The molecule has 2 rings (SSSR count). The van der Waals surface area contributed by atoms with Gasteiger partial charge in [-0.25, -0.2) is 0 Å². The number of allylic oxidation sites excluding steroid dienone is 2. The highest BCUT2D eigenvalue weighted by Gasteiger charge is 2.08. The summed E-state index contributed by atoms with van der Waals surface area (Å²) < 4.78 is 0. The molecule has 0 aliphatic rings. The van der Waals surface area contributed by atoms with Gasteiger partial charge < -0.3 is 5.32 Å². The predicted molar refractivity (Wildman–Crippen MR) is 74.0 cm³/mol. The number of aromatic nitrogens is 1. The summed E-state index contributed by atoms with van der Waals surface area (Å²) in [6.45, 7) is 1.88. The van der Waals surface area contributed by atoms with Crippen molar-refractivity contribution in [2.24, 2.45) is 0 Å². The Kier molecular flexibility index (Phi) is 3.61. The normalized spacial score (nSPS) is 9.10. The zero-order valence-electron chi connectivity index (χ0n) is 10.7. The van der Waals surface area contributed by atoms with Crippen LogP contribution in [0.4, 0.5) is 5.69 Å². The molecule has 0 aliphatic carbocycles. The molecule has 0 fully saturated rings. The van der Waals surface area contributed by atoms with Crippen molar-refractivity contribution in [2.45, 2.75) is 6.92 Å². The van der Waals surface area contributed by atoms with Crippen LogP contribution in [0.5, 0.6) is 0 Å². The van der Waals surface area contributed by atoms with Crippen LogP contribution in [0.1, 0.15) is 5.56 Å². The third-order valence-electron chi connectivity index (χ3n) is 2.79. The molecule has 0 unspecified atom stereocenters. The minimum atomic E-state index is -0.243. The first-order valence-electron chi connectivity index (χ1n) is 5.76. The van der Waals surface area contributed by atoms with Crippen molar-refractivity contribution < 1.29 is 0 Å². The predicted octanol–water partition coefficient (Wildman–Crippen LogP) is 2.78. The SMILES string of the molecule is Cc1cc2cccnc2cc1NC(C#N)=C(C#N)C#N. The number of nitrogens with zero attached hydrogens (tertiary/aromatic N) is 4. The van der Waals surface area contributed by atoms with Crippen molar-refractivity contribution in [3.05, 3.63) is 47.3 Å². The molecule has 5 heteroatoms. The van der Waals surface area contributed by atoms with Crippen LogP contribution in [0, 0.1) is 40.9 Å². The summed E-state index contributed by atoms with van der Waals surface area (Å²) >= 11 is 0. The number of nitriles is 3. The first-order valence-corrected chi connectivity index (χ1v) is 5.76. The van der Waals surface area contributed by atoms with Crippen molar-refractivity contribution in [2.75, 3.05) is 5.32 Å². The van der Waals surface area contributed by atoms with Crippen LogP contribution in [0.3, 0.4) is 0 Å². The molecule has 0 aliphatic heterocycles. The Hall–Kier alpha value is -3.36. The fraction of sp³-hybridized carbons (Fsp3) is 0.0667. The van der Waals surface area contributed by atoms with Crippen molar-refractivity contribution in [3.63, 3.8) is 0 Å². The molecule has 0 bridgehead atoms. The van der Waals surface area contributed by atoms with Gasteiger partial charge in [-0.15, -0.1) is 0 Å². The minimum absolute atomic E-state index is 0.0617. The van der Waals surface area contributed by atoms with Gasteiger partial charge in [-0.2, -0.15) is 15.8 Å². The molecule has 1 aromatic heterocycles. The number of hydrogen-bond donors (Lipinski definition) is 1. The summed E-state index contributed by atoms with van der Waals surface area (Å²) in [4.78, 5) is 4.23. The van der Waals surface area contributed by atoms with Gasteiger partial charge >= 0.3 is 0 Å². The van der Waals surface area contributed by atoms with E-state index in [1.54, 1.807) is 24.4 Å². The standard InChI is InChI=1S/C15H9N5/c1-10-5-11-3-2-4-19-14(11)6-13(10)20-15(9-18)12(7-16)8-17/h2-6,20H,1H3. The molecule has 0 amide bonds. The number of benzene rings is 1. The Morgan fingerprint density at radius 3 is 2.55 bits per heavy atom. The van der Waals surface area contributed by atoms with Crippen LogP contribution in [0.15, 0.2) is 41.7 Å². The summed E-state index contributed by atoms with van der Waals surface area (Å²) in [5.41, 5.74) is 2.01. The highest BCUT2D eigenvalue weighted by Crippen LogP contribution is 2.23. The number of nitrogens with one attached hydrogen (secondary N) is 1. The van der Waals surface area contributed by atoms with Gasteiger partial charge in [0.2, 0.25) is 0 Å². The smallest absolute Gasteiger partial charge is 0.163 e. The lowest BCUT2D eigenvalue weighted by molar-refractivity contribution is 1.34. The third-order valence-corrected chi connectivity index (χ3v) is 2.79. The molecule has 0 saturated heterocycles. The number of fused-ring (bicyclic) bond motifs is 1.